The molecule has 1 saturated heterocycles. The molecule has 20 heavy (non-hydrogen) atoms. The fourth-order valence-corrected chi connectivity index (χ4v) is 3.00. The van der Waals surface area contributed by atoms with Gasteiger partial charge in [-0.2, -0.15) is 0 Å². The van der Waals surface area contributed by atoms with Crippen molar-refractivity contribution in [1.82, 2.24) is 9.88 Å². The second kappa shape index (κ2) is 5.46. The van der Waals surface area contributed by atoms with E-state index in [4.69, 9.17) is 16.3 Å². The highest BCUT2D eigenvalue weighted by Crippen LogP contribution is 2.26. The highest BCUT2D eigenvalue weighted by atomic mass is 35.5. The molecule has 2 heterocycles. The van der Waals surface area contributed by atoms with E-state index >= 15 is 0 Å². The van der Waals surface area contributed by atoms with E-state index in [0.717, 1.165) is 30.4 Å². The fourth-order valence-electron chi connectivity index (χ4n) is 2.69. The first-order valence-corrected chi connectivity index (χ1v) is 7.18. The van der Waals surface area contributed by atoms with Crippen molar-refractivity contribution in [3.63, 3.8) is 0 Å². The zero-order chi connectivity index (χ0) is 14.1. The van der Waals surface area contributed by atoms with E-state index in [1.165, 1.54) is 0 Å². The Hall–Kier alpha value is -1.52. The molecule has 106 valence electrons. The molecule has 1 atom stereocenters. The third-order valence-corrected chi connectivity index (χ3v) is 4.06. The number of aromatic nitrogens is 1. The minimum atomic E-state index is -0.0877. The maximum atomic E-state index is 12.3. The minimum Gasteiger partial charge on any atom is -0.376 e. The molecule has 1 N–H and O–H groups in total. The molecule has 5 heteroatoms. The number of amides is 1. The van der Waals surface area contributed by atoms with Gasteiger partial charge in [0.1, 0.15) is 5.69 Å². The van der Waals surface area contributed by atoms with Crippen LogP contribution >= 0.6 is 11.6 Å². The van der Waals surface area contributed by atoms with Gasteiger partial charge >= 0.3 is 0 Å². The van der Waals surface area contributed by atoms with Gasteiger partial charge < -0.3 is 14.6 Å². The van der Waals surface area contributed by atoms with Crippen molar-refractivity contribution in [2.45, 2.75) is 18.9 Å². The molecule has 1 aromatic carbocycles. The second-order valence-corrected chi connectivity index (χ2v) is 5.52. The molecular formula is C15H17ClN2O2. The van der Waals surface area contributed by atoms with Gasteiger partial charge in [0.05, 0.1) is 16.6 Å². The molecule has 1 aromatic heterocycles. The van der Waals surface area contributed by atoms with Gasteiger partial charge in [-0.25, -0.2) is 0 Å². The Morgan fingerprint density at radius 1 is 1.55 bits per heavy atom. The Morgan fingerprint density at radius 2 is 2.40 bits per heavy atom. The number of carbonyl (C=O) groups excluding carboxylic acids is 1. The Balaban J connectivity index is 1.80. The first kappa shape index (κ1) is 13.5. The summed E-state index contributed by atoms with van der Waals surface area (Å²) in [7, 11) is 1.86. The van der Waals surface area contributed by atoms with Crippen LogP contribution in [-0.4, -0.2) is 29.7 Å². The number of benzene rings is 1. The van der Waals surface area contributed by atoms with Crippen LogP contribution in [0, 0.1) is 0 Å². The molecule has 3 rings (SSSR count). The third kappa shape index (κ3) is 2.41. The summed E-state index contributed by atoms with van der Waals surface area (Å²) in [6, 6.07) is 7.54. The van der Waals surface area contributed by atoms with Gasteiger partial charge in [0.15, 0.2) is 0 Å². The molecule has 0 spiro atoms. The van der Waals surface area contributed by atoms with Gasteiger partial charge in [-0.05, 0) is 25.0 Å². The summed E-state index contributed by atoms with van der Waals surface area (Å²) in [5.41, 5.74) is 1.50. The number of para-hydroxylation sites is 1. The SMILES string of the molecule is Cn1c(C(=O)NCC2CCCO2)cc2cccc(Cl)c21. The number of halogens is 1. The lowest BCUT2D eigenvalue weighted by molar-refractivity contribution is 0.0851. The predicted octanol–water partition coefficient (Wildman–Crippen LogP) is 2.74. The lowest BCUT2D eigenvalue weighted by Crippen LogP contribution is -2.32. The van der Waals surface area contributed by atoms with E-state index < -0.39 is 0 Å². The highest BCUT2D eigenvalue weighted by molar-refractivity contribution is 6.35. The number of nitrogens with zero attached hydrogens (tertiary/aromatic N) is 1. The Labute approximate surface area is 122 Å². The van der Waals surface area contributed by atoms with Gasteiger partial charge in [-0.15, -0.1) is 0 Å². The third-order valence-electron chi connectivity index (χ3n) is 3.75. The normalized spacial score (nSPS) is 18.6. The Bertz CT molecular complexity index is 645. The number of fused-ring (bicyclic) bond motifs is 1. The summed E-state index contributed by atoms with van der Waals surface area (Å²) in [6.07, 6.45) is 2.24. The zero-order valence-corrected chi connectivity index (χ0v) is 12.1. The lowest BCUT2D eigenvalue weighted by Gasteiger charge is -2.11. The van der Waals surface area contributed by atoms with Gasteiger partial charge in [0, 0.05) is 25.6 Å². The molecule has 1 unspecified atom stereocenters. The van der Waals surface area contributed by atoms with Crippen LogP contribution in [-0.2, 0) is 11.8 Å². The maximum Gasteiger partial charge on any atom is 0.268 e. The minimum absolute atomic E-state index is 0.0877. The van der Waals surface area contributed by atoms with Gasteiger partial charge in [-0.3, -0.25) is 4.79 Å². The molecule has 0 bridgehead atoms. The lowest BCUT2D eigenvalue weighted by atomic mass is 10.2. The van der Waals surface area contributed by atoms with Crippen molar-refractivity contribution in [2.24, 2.45) is 7.05 Å². The molecule has 1 aliphatic rings. The van der Waals surface area contributed by atoms with E-state index in [1.54, 1.807) is 0 Å². The van der Waals surface area contributed by atoms with Gasteiger partial charge in [-0.1, -0.05) is 23.7 Å². The van der Waals surface area contributed by atoms with E-state index in [2.05, 4.69) is 5.32 Å². The van der Waals surface area contributed by atoms with E-state index in [1.807, 2.05) is 35.9 Å². The average Bonchev–Trinajstić information content (AvgIpc) is 3.05. The summed E-state index contributed by atoms with van der Waals surface area (Å²) in [6.45, 7) is 1.36. The number of nitrogens with one attached hydrogen (secondary N) is 1. The molecule has 4 nitrogen and oxygen atoms in total. The summed E-state index contributed by atoms with van der Waals surface area (Å²) in [4.78, 5) is 12.3. The largest absolute Gasteiger partial charge is 0.376 e. The number of hydrogen-bond donors (Lipinski definition) is 1. The smallest absolute Gasteiger partial charge is 0.268 e. The number of ether oxygens (including phenoxy) is 1. The second-order valence-electron chi connectivity index (χ2n) is 5.11. The van der Waals surface area contributed by atoms with E-state index in [0.29, 0.717) is 17.3 Å². The molecule has 0 radical (unpaired) electrons. The molecule has 1 aliphatic heterocycles. The number of carbonyl (C=O) groups is 1. The Kier molecular flexibility index (Phi) is 3.68. The summed E-state index contributed by atoms with van der Waals surface area (Å²) in [5, 5.41) is 4.56. The molecule has 1 fully saturated rings. The van der Waals surface area contributed by atoms with Gasteiger partial charge in [0.25, 0.3) is 5.91 Å². The zero-order valence-electron chi connectivity index (χ0n) is 11.4. The number of hydrogen-bond acceptors (Lipinski definition) is 2. The van der Waals surface area contributed by atoms with Crippen LogP contribution in [0.25, 0.3) is 10.9 Å². The summed E-state index contributed by atoms with van der Waals surface area (Å²) < 4.78 is 7.34. The summed E-state index contributed by atoms with van der Waals surface area (Å²) >= 11 is 6.19. The summed E-state index contributed by atoms with van der Waals surface area (Å²) in [5.74, 6) is -0.0877. The van der Waals surface area contributed by atoms with E-state index in [-0.39, 0.29) is 12.0 Å². The Morgan fingerprint density at radius 3 is 3.10 bits per heavy atom. The quantitative estimate of drug-likeness (QED) is 0.945. The average molecular weight is 293 g/mol. The van der Waals surface area contributed by atoms with Crippen LogP contribution in [0.4, 0.5) is 0 Å². The van der Waals surface area contributed by atoms with Crippen LogP contribution in [0.3, 0.4) is 0 Å². The predicted molar refractivity (Wildman–Crippen MR) is 79.2 cm³/mol. The molecule has 2 aromatic rings. The van der Waals surface area contributed by atoms with Crippen molar-refractivity contribution < 1.29 is 9.53 Å². The van der Waals surface area contributed by atoms with Crippen molar-refractivity contribution in [3.05, 3.63) is 35.0 Å². The number of rotatable bonds is 3. The molecule has 0 aliphatic carbocycles. The molecular weight excluding hydrogens is 276 g/mol. The van der Waals surface area contributed by atoms with Crippen molar-refractivity contribution in [3.8, 4) is 0 Å². The van der Waals surface area contributed by atoms with Crippen LogP contribution in [0.5, 0.6) is 0 Å². The molecule has 1 amide bonds. The maximum absolute atomic E-state index is 12.3. The van der Waals surface area contributed by atoms with Crippen molar-refractivity contribution in [2.75, 3.05) is 13.2 Å². The van der Waals surface area contributed by atoms with Crippen LogP contribution in [0.15, 0.2) is 24.3 Å². The van der Waals surface area contributed by atoms with E-state index in [9.17, 15) is 4.79 Å². The topological polar surface area (TPSA) is 43.3 Å². The number of aryl methyl sites for hydroxylation is 1. The van der Waals surface area contributed by atoms with Crippen molar-refractivity contribution >= 4 is 28.4 Å². The monoisotopic (exact) mass is 292 g/mol. The standard InChI is InChI=1S/C15H17ClN2O2/c1-18-13(8-10-4-2-6-12(16)14(10)18)15(19)17-9-11-5-3-7-20-11/h2,4,6,8,11H,3,5,7,9H2,1H3,(H,17,19). The van der Waals surface area contributed by atoms with Gasteiger partial charge in [0.2, 0.25) is 0 Å². The van der Waals surface area contributed by atoms with Crippen LogP contribution < -0.4 is 5.32 Å². The fraction of sp³-hybridized carbons (Fsp3) is 0.400. The first-order chi connectivity index (χ1) is 9.66. The molecule has 0 saturated carbocycles. The highest BCUT2D eigenvalue weighted by Gasteiger charge is 2.19. The first-order valence-electron chi connectivity index (χ1n) is 6.80. The van der Waals surface area contributed by atoms with Crippen molar-refractivity contribution in [1.29, 1.82) is 0 Å². The van der Waals surface area contributed by atoms with Crippen LogP contribution in [0.1, 0.15) is 23.3 Å². The van der Waals surface area contributed by atoms with Crippen LogP contribution in [0.2, 0.25) is 5.02 Å².